The van der Waals surface area contributed by atoms with Crippen LogP contribution in [0, 0.1) is 0 Å². The van der Waals surface area contributed by atoms with Crippen LogP contribution in [0.1, 0.15) is 10.4 Å². The van der Waals surface area contributed by atoms with Crippen molar-refractivity contribution in [2.45, 2.75) is 4.90 Å². The number of aldehydes is 1. The minimum atomic E-state index is -3.78. The van der Waals surface area contributed by atoms with Crippen molar-refractivity contribution in [3.8, 4) is 11.1 Å². The van der Waals surface area contributed by atoms with Crippen molar-refractivity contribution < 1.29 is 13.2 Å². The molecule has 0 N–H and O–H groups in total. The molecule has 0 atom stereocenters. The minimum absolute atomic E-state index is 0.191. The molecule has 4 rings (SSSR count). The number of rotatable bonds is 4. The second-order valence-corrected chi connectivity index (χ2v) is 7.59. The molecular weight excluding hydrogens is 348 g/mol. The van der Waals surface area contributed by atoms with E-state index in [-0.39, 0.29) is 4.90 Å². The molecule has 0 bridgehead atoms. The molecule has 6 heteroatoms. The van der Waals surface area contributed by atoms with Crippen molar-refractivity contribution in [2.75, 3.05) is 0 Å². The summed E-state index contributed by atoms with van der Waals surface area (Å²) >= 11 is 0. The largest absolute Gasteiger partial charge is 0.298 e. The van der Waals surface area contributed by atoms with E-state index in [0.717, 1.165) is 11.8 Å². The van der Waals surface area contributed by atoms with E-state index >= 15 is 0 Å². The lowest BCUT2D eigenvalue weighted by Gasteiger charge is -2.06. The first-order valence-corrected chi connectivity index (χ1v) is 9.37. The smallest absolute Gasteiger partial charge is 0.269 e. The summed E-state index contributed by atoms with van der Waals surface area (Å²) in [7, 11) is -3.78. The number of fused-ring (bicyclic) bond motifs is 1. The van der Waals surface area contributed by atoms with Crippen LogP contribution in [0.25, 0.3) is 22.2 Å². The molecule has 0 aliphatic heterocycles. The van der Waals surface area contributed by atoms with Crippen molar-refractivity contribution >= 4 is 27.3 Å². The molecule has 2 aromatic heterocycles. The molecule has 4 aromatic rings. The van der Waals surface area contributed by atoms with Crippen molar-refractivity contribution in [1.29, 1.82) is 0 Å². The van der Waals surface area contributed by atoms with Crippen molar-refractivity contribution in [1.82, 2.24) is 8.96 Å². The molecule has 5 nitrogen and oxygen atoms in total. The summed E-state index contributed by atoms with van der Waals surface area (Å²) in [5, 5.41) is 0.704. The summed E-state index contributed by atoms with van der Waals surface area (Å²) in [4.78, 5) is 15.6. The van der Waals surface area contributed by atoms with E-state index in [1.165, 1.54) is 3.97 Å². The van der Waals surface area contributed by atoms with Gasteiger partial charge < -0.3 is 0 Å². The van der Waals surface area contributed by atoms with E-state index in [1.54, 1.807) is 67.0 Å². The molecule has 128 valence electrons. The van der Waals surface area contributed by atoms with E-state index < -0.39 is 10.0 Å². The van der Waals surface area contributed by atoms with Crippen LogP contribution in [-0.4, -0.2) is 23.7 Å². The lowest BCUT2D eigenvalue weighted by molar-refractivity contribution is 0.112. The van der Waals surface area contributed by atoms with E-state index in [2.05, 4.69) is 4.98 Å². The molecule has 0 aliphatic rings. The number of carbonyl (C=O) groups is 1. The van der Waals surface area contributed by atoms with E-state index in [4.69, 9.17) is 0 Å². The van der Waals surface area contributed by atoms with Gasteiger partial charge in [0.25, 0.3) is 10.0 Å². The zero-order chi connectivity index (χ0) is 18.1. The first-order valence-electron chi connectivity index (χ1n) is 7.93. The van der Waals surface area contributed by atoms with Crippen LogP contribution in [0.4, 0.5) is 0 Å². The summed E-state index contributed by atoms with van der Waals surface area (Å²) < 4.78 is 27.4. The molecule has 0 radical (unpaired) electrons. The molecule has 0 aliphatic carbocycles. The first kappa shape index (κ1) is 16.2. The highest BCUT2D eigenvalue weighted by Crippen LogP contribution is 2.32. The van der Waals surface area contributed by atoms with Crippen LogP contribution >= 0.6 is 0 Å². The number of nitrogens with zero attached hydrogens (tertiary/aromatic N) is 2. The van der Waals surface area contributed by atoms with Gasteiger partial charge in [-0.1, -0.05) is 36.4 Å². The highest BCUT2D eigenvalue weighted by atomic mass is 32.2. The summed E-state index contributed by atoms with van der Waals surface area (Å²) in [6.45, 7) is 0. The van der Waals surface area contributed by atoms with Gasteiger partial charge in [0.1, 0.15) is 6.29 Å². The maximum atomic E-state index is 13.1. The zero-order valence-electron chi connectivity index (χ0n) is 13.6. The molecule has 0 saturated heterocycles. The monoisotopic (exact) mass is 362 g/mol. The molecule has 2 heterocycles. The summed E-state index contributed by atoms with van der Waals surface area (Å²) in [5.41, 5.74) is 2.34. The Bertz CT molecular complexity index is 1210. The number of aromatic nitrogens is 2. The van der Waals surface area contributed by atoms with Crippen molar-refractivity contribution in [3.05, 3.63) is 84.7 Å². The Morgan fingerprint density at radius 3 is 2.50 bits per heavy atom. The normalized spacial score (nSPS) is 11.5. The lowest BCUT2D eigenvalue weighted by Crippen LogP contribution is -2.12. The van der Waals surface area contributed by atoms with Crippen molar-refractivity contribution in [3.63, 3.8) is 0 Å². The van der Waals surface area contributed by atoms with Crippen LogP contribution in [0.15, 0.2) is 84.0 Å². The zero-order valence-corrected chi connectivity index (χ0v) is 14.4. The summed E-state index contributed by atoms with van der Waals surface area (Å²) in [6.07, 6.45) is 3.89. The molecular formula is C20H14N2O3S. The first-order chi connectivity index (χ1) is 12.6. The van der Waals surface area contributed by atoms with Crippen LogP contribution in [0.5, 0.6) is 0 Å². The number of carbonyl (C=O) groups excluding carboxylic acids is 1. The third-order valence-electron chi connectivity index (χ3n) is 4.17. The van der Waals surface area contributed by atoms with Gasteiger partial charge in [0.05, 0.1) is 4.90 Å². The van der Waals surface area contributed by atoms with E-state index in [0.29, 0.717) is 22.2 Å². The number of benzene rings is 2. The Morgan fingerprint density at radius 1 is 0.923 bits per heavy atom. The second kappa shape index (κ2) is 6.24. The minimum Gasteiger partial charge on any atom is -0.298 e. The fourth-order valence-electron chi connectivity index (χ4n) is 2.93. The molecule has 0 unspecified atom stereocenters. The average Bonchev–Trinajstić information content (AvgIpc) is 3.09. The maximum Gasteiger partial charge on any atom is 0.269 e. The fraction of sp³-hybridized carbons (Fsp3) is 0. The average molecular weight is 362 g/mol. The SMILES string of the molecule is O=Cc1cccc(-c2cn(S(=O)(=O)c3ccccc3)c3ncccc23)c1. The molecule has 0 amide bonds. The van der Waals surface area contributed by atoms with Crippen LogP contribution in [0.3, 0.4) is 0 Å². The van der Waals surface area contributed by atoms with Gasteiger partial charge in [-0.15, -0.1) is 0 Å². The number of hydrogen-bond donors (Lipinski definition) is 0. The Kier molecular flexibility index (Phi) is 3.89. The predicted octanol–water partition coefficient (Wildman–Crippen LogP) is 3.75. The second-order valence-electron chi connectivity index (χ2n) is 5.77. The van der Waals surface area contributed by atoms with Crippen molar-refractivity contribution in [2.24, 2.45) is 0 Å². The molecule has 2 aromatic carbocycles. The predicted molar refractivity (Wildman–Crippen MR) is 99.6 cm³/mol. The van der Waals surface area contributed by atoms with Gasteiger partial charge in [0, 0.05) is 28.9 Å². The van der Waals surface area contributed by atoms with Gasteiger partial charge in [0.15, 0.2) is 5.65 Å². The highest BCUT2D eigenvalue weighted by molar-refractivity contribution is 7.90. The summed E-state index contributed by atoms with van der Waals surface area (Å²) in [6, 6.07) is 18.9. The van der Waals surface area contributed by atoms with Crippen LogP contribution in [-0.2, 0) is 10.0 Å². The van der Waals surface area contributed by atoms with Gasteiger partial charge in [0.2, 0.25) is 0 Å². The third-order valence-corrected chi connectivity index (χ3v) is 5.83. The topological polar surface area (TPSA) is 69.0 Å². The van der Waals surface area contributed by atoms with Crippen LogP contribution < -0.4 is 0 Å². The molecule has 26 heavy (non-hydrogen) atoms. The maximum absolute atomic E-state index is 13.1. The molecule has 0 fully saturated rings. The third kappa shape index (κ3) is 2.60. The number of hydrogen-bond acceptors (Lipinski definition) is 4. The summed E-state index contributed by atoms with van der Waals surface area (Å²) in [5.74, 6) is 0. The van der Waals surface area contributed by atoms with E-state index in [1.807, 2.05) is 12.1 Å². The van der Waals surface area contributed by atoms with Gasteiger partial charge in [-0.2, -0.15) is 0 Å². The van der Waals surface area contributed by atoms with E-state index in [9.17, 15) is 13.2 Å². The highest BCUT2D eigenvalue weighted by Gasteiger charge is 2.22. The van der Waals surface area contributed by atoms with Gasteiger partial charge in [-0.05, 0) is 35.9 Å². The standard InChI is InChI=1S/C20H14N2O3S/c23-14-15-6-4-7-16(12-15)19-13-22(20-18(19)10-5-11-21-20)26(24,25)17-8-2-1-3-9-17/h1-14H. The fourth-order valence-corrected chi connectivity index (χ4v) is 4.28. The lowest BCUT2D eigenvalue weighted by atomic mass is 10.0. The molecule has 0 saturated carbocycles. The van der Waals surface area contributed by atoms with Gasteiger partial charge >= 0.3 is 0 Å². The Labute approximate surface area is 150 Å². The quantitative estimate of drug-likeness (QED) is 0.519. The van der Waals surface area contributed by atoms with Crippen LogP contribution in [0.2, 0.25) is 0 Å². The van der Waals surface area contributed by atoms with Gasteiger partial charge in [-0.3, -0.25) is 4.79 Å². The Balaban J connectivity index is 2.00. The van der Waals surface area contributed by atoms with Gasteiger partial charge in [-0.25, -0.2) is 17.4 Å². The Morgan fingerprint density at radius 2 is 1.73 bits per heavy atom. The molecule has 0 spiro atoms. The number of pyridine rings is 1. The Hall–Kier alpha value is -3.25.